The number of amides is 1. The Morgan fingerprint density at radius 1 is 0.867 bits per heavy atom. The Hall–Kier alpha value is -4.83. The first-order valence-electron chi connectivity index (χ1n) is 15.2. The Labute approximate surface area is 260 Å². The summed E-state index contributed by atoms with van der Waals surface area (Å²) in [7, 11) is 0. The lowest BCUT2D eigenvalue weighted by atomic mass is 9.88. The lowest BCUT2D eigenvalue weighted by molar-refractivity contribution is -0.384. The summed E-state index contributed by atoms with van der Waals surface area (Å²) in [5, 5.41) is 12.8. The minimum absolute atomic E-state index is 0.0530. The van der Waals surface area contributed by atoms with E-state index >= 15 is 0 Å². The van der Waals surface area contributed by atoms with Gasteiger partial charge >= 0.3 is 6.16 Å². The maximum absolute atomic E-state index is 13.8. The van der Waals surface area contributed by atoms with Crippen molar-refractivity contribution in [3.63, 3.8) is 0 Å². The minimum atomic E-state index is -0.901. The SMILES string of the molecule is O=C(OC[C@@H]1CN(C(=O)c2cccc3ccccc23)CC1CN1CCC(c2ccc(F)cc2)CC1)Oc1ccc([N+](=O)[O-])cc1. The van der Waals surface area contributed by atoms with Crippen LogP contribution >= 0.6 is 0 Å². The van der Waals surface area contributed by atoms with Crippen LogP contribution in [0.5, 0.6) is 5.75 Å². The largest absolute Gasteiger partial charge is 0.513 e. The summed E-state index contributed by atoms with van der Waals surface area (Å²) in [6.07, 6.45) is 1.01. The molecule has 45 heavy (non-hydrogen) atoms. The number of fused-ring (bicyclic) bond motifs is 1. The van der Waals surface area contributed by atoms with E-state index in [0.717, 1.165) is 48.8 Å². The number of nitro benzene ring substituents is 1. The molecular formula is C35H34FN3O6. The predicted molar refractivity (Wildman–Crippen MR) is 167 cm³/mol. The molecule has 1 amide bonds. The number of halogens is 1. The van der Waals surface area contributed by atoms with Crippen molar-refractivity contribution in [2.75, 3.05) is 39.3 Å². The number of piperidine rings is 1. The first kappa shape index (κ1) is 30.2. The molecule has 2 aliphatic heterocycles. The lowest BCUT2D eigenvalue weighted by Crippen LogP contribution is -2.39. The fourth-order valence-electron chi connectivity index (χ4n) is 6.53. The van der Waals surface area contributed by atoms with Crippen molar-refractivity contribution in [2.45, 2.75) is 18.8 Å². The van der Waals surface area contributed by atoms with Gasteiger partial charge in [0.05, 0.1) is 11.5 Å². The highest BCUT2D eigenvalue weighted by Gasteiger charge is 2.38. The van der Waals surface area contributed by atoms with Gasteiger partial charge in [-0.2, -0.15) is 0 Å². The monoisotopic (exact) mass is 611 g/mol. The van der Waals surface area contributed by atoms with Crippen LogP contribution in [0, 0.1) is 27.8 Å². The fourth-order valence-corrected chi connectivity index (χ4v) is 6.53. The van der Waals surface area contributed by atoms with Crippen molar-refractivity contribution in [1.29, 1.82) is 0 Å². The molecule has 2 atom stereocenters. The predicted octanol–water partition coefficient (Wildman–Crippen LogP) is 6.67. The highest BCUT2D eigenvalue weighted by Crippen LogP contribution is 2.32. The normalized spacial score (nSPS) is 19.0. The maximum Gasteiger partial charge on any atom is 0.513 e. The number of hydrogen-bond acceptors (Lipinski definition) is 7. The standard InChI is InChI=1S/C35H34FN3O6/c36-29-10-8-24(9-11-29)25-16-18-37(19-17-25)20-27-21-38(34(40)33-7-3-5-26-4-1-2-6-32(26)33)22-28(27)23-44-35(41)45-31-14-12-30(13-15-31)39(42)43/h1-15,25,27-28H,16-23H2/t27?,28-/m0/s1. The maximum atomic E-state index is 13.8. The van der Waals surface area contributed by atoms with E-state index in [1.54, 1.807) is 0 Å². The smallest absolute Gasteiger partial charge is 0.434 e. The minimum Gasteiger partial charge on any atom is -0.434 e. The Balaban J connectivity index is 1.12. The second-order valence-electron chi connectivity index (χ2n) is 11.8. The van der Waals surface area contributed by atoms with Crippen molar-refractivity contribution in [3.05, 3.63) is 118 Å². The molecule has 232 valence electrons. The van der Waals surface area contributed by atoms with E-state index in [2.05, 4.69) is 4.90 Å². The molecule has 4 aromatic carbocycles. The summed E-state index contributed by atoms with van der Waals surface area (Å²) in [4.78, 5) is 41.0. The van der Waals surface area contributed by atoms with E-state index in [1.807, 2.05) is 59.5 Å². The number of carbonyl (C=O) groups excluding carboxylic acids is 2. The summed E-state index contributed by atoms with van der Waals surface area (Å²) >= 11 is 0. The first-order chi connectivity index (χ1) is 21.8. The number of rotatable bonds is 8. The molecule has 2 heterocycles. The van der Waals surface area contributed by atoms with Gasteiger partial charge < -0.3 is 19.3 Å². The third-order valence-electron chi connectivity index (χ3n) is 8.97. The second-order valence-corrected chi connectivity index (χ2v) is 11.8. The summed E-state index contributed by atoms with van der Waals surface area (Å²) in [6, 6.07) is 25.5. The molecule has 0 aliphatic carbocycles. The van der Waals surface area contributed by atoms with Crippen molar-refractivity contribution >= 4 is 28.5 Å². The van der Waals surface area contributed by atoms with E-state index < -0.39 is 11.1 Å². The van der Waals surface area contributed by atoms with Gasteiger partial charge in [-0.3, -0.25) is 14.9 Å². The average molecular weight is 612 g/mol. The van der Waals surface area contributed by atoms with Gasteiger partial charge in [-0.25, -0.2) is 9.18 Å². The van der Waals surface area contributed by atoms with E-state index in [9.17, 15) is 24.1 Å². The molecule has 0 radical (unpaired) electrons. The average Bonchev–Trinajstić information content (AvgIpc) is 3.46. The molecule has 2 fully saturated rings. The van der Waals surface area contributed by atoms with Gasteiger partial charge in [-0.1, -0.05) is 48.5 Å². The molecule has 0 aromatic heterocycles. The number of benzene rings is 4. The summed E-state index contributed by atoms with van der Waals surface area (Å²) in [6.45, 7) is 3.55. The number of carbonyl (C=O) groups is 2. The third-order valence-corrected chi connectivity index (χ3v) is 8.97. The Bertz CT molecular complexity index is 1670. The zero-order chi connectivity index (χ0) is 31.3. The molecule has 6 rings (SSSR count). The van der Waals surface area contributed by atoms with Gasteiger partial charge in [0.15, 0.2) is 0 Å². The second kappa shape index (κ2) is 13.4. The summed E-state index contributed by atoms with van der Waals surface area (Å²) in [5.41, 5.74) is 1.69. The highest BCUT2D eigenvalue weighted by atomic mass is 19.1. The van der Waals surface area contributed by atoms with Crippen LogP contribution in [0.2, 0.25) is 0 Å². The molecule has 0 N–H and O–H groups in total. The fraction of sp³-hybridized carbons (Fsp3) is 0.314. The molecule has 0 spiro atoms. The van der Waals surface area contributed by atoms with Crippen molar-refractivity contribution in [2.24, 2.45) is 11.8 Å². The number of non-ortho nitro benzene ring substituents is 1. The molecule has 0 bridgehead atoms. The number of nitrogens with zero attached hydrogens (tertiary/aromatic N) is 3. The molecular weight excluding hydrogens is 577 g/mol. The first-order valence-corrected chi connectivity index (χ1v) is 15.2. The van der Waals surface area contributed by atoms with E-state index in [4.69, 9.17) is 9.47 Å². The van der Waals surface area contributed by atoms with Gasteiger partial charge in [0.25, 0.3) is 11.6 Å². The molecule has 9 nitrogen and oxygen atoms in total. The van der Waals surface area contributed by atoms with Crippen molar-refractivity contribution in [3.8, 4) is 5.75 Å². The van der Waals surface area contributed by atoms with Crippen LogP contribution in [-0.4, -0.2) is 66.1 Å². The molecule has 2 aliphatic rings. The molecule has 2 saturated heterocycles. The van der Waals surface area contributed by atoms with Crippen LogP contribution in [0.1, 0.15) is 34.7 Å². The van der Waals surface area contributed by atoms with Crippen LogP contribution in [0.25, 0.3) is 10.8 Å². The molecule has 1 unspecified atom stereocenters. The summed E-state index contributed by atoms with van der Waals surface area (Å²) in [5.74, 6) is 0.197. The zero-order valence-corrected chi connectivity index (χ0v) is 24.7. The number of ether oxygens (including phenoxy) is 2. The Kier molecular flexibility index (Phi) is 9.02. The molecule has 10 heteroatoms. The van der Waals surface area contributed by atoms with E-state index in [0.29, 0.717) is 24.6 Å². The van der Waals surface area contributed by atoms with Crippen LogP contribution in [0.3, 0.4) is 0 Å². The van der Waals surface area contributed by atoms with Crippen LogP contribution in [-0.2, 0) is 4.74 Å². The van der Waals surface area contributed by atoms with Crippen LogP contribution in [0.15, 0.2) is 91.0 Å². The quantitative estimate of drug-likeness (QED) is 0.0949. The number of nitro groups is 1. The molecule has 4 aromatic rings. The number of hydrogen-bond donors (Lipinski definition) is 0. The Morgan fingerprint density at radius 2 is 1.56 bits per heavy atom. The highest BCUT2D eigenvalue weighted by molar-refractivity contribution is 6.07. The zero-order valence-electron chi connectivity index (χ0n) is 24.7. The Morgan fingerprint density at radius 3 is 2.29 bits per heavy atom. The lowest BCUT2D eigenvalue weighted by Gasteiger charge is -2.34. The van der Waals surface area contributed by atoms with Crippen LogP contribution < -0.4 is 4.74 Å². The van der Waals surface area contributed by atoms with Gasteiger partial charge in [0.2, 0.25) is 0 Å². The van der Waals surface area contributed by atoms with E-state index in [-0.39, 0.29) is 41.6 Å². The van der Waals surface area contributed by atoms with Crippen molar-refractivity contribution < 1.29 is 28.4 Å². The number of likely N-dealkylation sites (tertiary alicyclic amines) is 2. The van der Waals surface area contributed by atoms with Gasteiger partial charge in [0, 0.05) is 43.2 Å². The third kappa shape index (κ3) is 7.12. The molecule has 0 saturated carbocycles. The topological polar surface area (TPSA) is 102 Å². The van der Waals surface area contributed by atoms with Gasteiger partial charge in [0.1, 0.15) is 11.6 Å². The van der Waals surface area contributed by atoms with Crippen molar-refractivity contribution in [1.82, 2.24) is 9.80 Å². The van der Waals surface area contributed by atoms with Gasteiger partial charge in [-0.05, 0) is 84.4 Å². The van der Waals surface area contributed by atoms with Crippen LogP contribution in [0.4, 0.5) is 14.9 Å². The van der Waals surface area contributed by atoms with E-state index in [1.165, 1.54) is 36.4 Å². The van der Waals surface area contributed by atoms with Gasteiger partial charge in [-0.15, -0.1) is 0 Å². The summed E-state index contributed by atoms with van der Waals surface area (Å²) < 4.78 is 24.2.